The van der Waals surface area contributed by atoms with Gasteiger partial charge in [0.25, 0.3) is 0 Å². The van der Waals surface area contributed by atoms with Crippen LogP contribution in [0.3, 0.4) is 0 Å². The monoisotopic (exact) mass is 264 g/mol. The topological polar surface area (TPSA) is 65.0 Å². The first-order valence-corrected chi connectivity index (χ1v) is 5.98. The fourth-order valence-corrected chi connectivity index (χ4v) is 1.66. The first kappa shape index (κ1) is 13.4. The van der Waals surface area contributed by atoms with Crippen molar-refractivity contribution in [2.45, 2.75) is 0 Å². The SMILES string of the molecule is COc1cc(/C=C/C(=O)O)ccc1OCC1COC1. The van der Waals surface area contributed by atoms with Crippen LogP contribution in [0, 0.1) is 5.92 Å². The summed E-state index contributed by atoms with van der Waals surface area (Å²) >= 11 is 0. The van der Waals surface area contributed by atoms with Crippen LogP contribution >= 0.6 is 0 Å². The molecular formula is C14H16O5. The van der Waals surface area contributed by atoms with E-state index in [-0.39, 0.29) is 0 Å². The van der Waals surface area contributed by atoms with E-state index in [1.54, 1.807) is 25.3 Å². The predicted molar refractivity (Wildman–Crippen MR) is 69.5 cm³/mol. The highest BCUT2D eigenvalue weighted by atomic mass is 16.5. The van der Waals surface area contributed by atoms with E-state index in [4.69, 9.17) is 19.3 Å². The van der Waals surface area contributed by atoms with Crippen LogP contribution in [-0.4, -0.2) is 38.0 Å². The lowest BCUT2D eigenvalue weighted by Crippen LogP contribution is -2.32. The van der Waals surface area contributed by atoms with Crippen LogP contribution in [0.5, 0.6) is 11.5 Å². The van der Waals surface area contributed by atoms with Gasteiger partial charge in [-0.3, -0.25) is 0 Å². The molecule has 1 fully saturated rings. The summed E-state index contributed by atoms with van der Waals surface area (Å²) in [4.78, 5) is 10.5. The summed E-state index contributed by atoms with van der Waals surface area (Å²) in [6.07, 6.45) is 2.59. The van der Waals surface area contributed by atoms with E-state index in [2.05, 4.69) is 0 Å². The van der Waals surface area contributed by atoms with Crippen molar-refractivity contribution >= 4 is 12.0 Å². The van der Waals surface area contributed by atoms with E-state index >= 15 is 0 Å². The fourth-order valence-electron chi connectivity index (χ4n) is 1.66. The number of carboxylic acid groups (broad SMARTS) is 1. The van der Waals surface area contributed by atoms with Crippen LogP contribution in [0.4, 0.5) is 0 Å². The van der Waals surface area contributed by atoms with Gasteiger partial charge in [0.1, 0.15) is 0 Å². The molecular weight excluding hydrogens is 248 g/mol. The minimum Gasteiger partial charge on any atom is -0.493 e. The number of hydrogen-bond donors (Lipinski definition) is 1. The maximum Gasteiger partial charge on any atom is 0.328 e. The van der Waals surface area contributed by atoms with Gasteiger partial charge >= 0.3 is 5.97 Å². The summed E-state index contributed by atoms with van der Waals surface area (Å²) in [6.45, 7) is 2.07. The standard InChI is InChI=1S/C14H16O5/c1-17-13-6-10(3-5-14(15)16)2-4-12(13)19-9-11-7-18-8-11/h2-6,11H,7-9H2,1H3,(H,15,16)/b5-3+. The Hall–Kier alpha value is -2.01. The molecule has 0 amide bonds. The molecule has 1 aromatic carbocycles. The smallest absolute Gasteiger partial charge is 0.328 e. The summed E-state index contributed by atoms with van der Waals surface area (Å²) in [5.41, 5.74) is 0.749. The van der Waals surface area contributed by atoms with Crippen molar-refractivity contribution in [3.05, 3.63) is 29.8 Å². The average molecular weight is 264 g/mol. The van der Waals surface area contributed by atoms with Gasteiger partial charge in [0, 0.05) is 12.0 Å². The number of methoxy groups -OCH3 is 1. The van der Waals surface area contributed by atoms with Crippen molar-refractivity contribution < 1.29 is 24.1 Å². The van der Waals surface area contributed by atoms with Gasteiger partial charge in [-0.05, 0) is 23.8 Å². The highest BCUT2D eigenvalue weighted by Gasteiger charge is 2.19. The molecule has 0 aliphatic carbocycles. The van der Waals surface area contributed by atoms with E-state index in [9.17, 15) is 4.79 Å². The van der Waals surface area contributed by atoms with Gasteiger partial charge in [0.2, 0.25) is 0 Å². The Morgan fingerprint density at radius 3 is 2.84 bits per heavy atom. The zero-order valence-electron chi connectivity index (χ0n) is 10.7. The second-order valence-electron chi connectivity index (χ2n) is 4.30. The van der Waals surface area contributed by atoms with Crippen LogP contribution in [0.25, 0.3) is 6.08 Å². The number of hydrogen-bond acceptors (Lipinski definition) is 4. The highest BCUT2D eigenvalue weighted by molar-refractivity contribution is 5.85. The Bertz CT molecular complexity index is 477. The molecule has 0 radical (unpaired) electrons. The normalized spacial score (nSPS) is 15.2. The molecule has 1 heterocycles. The molecule has 2 rings (SSSR count). The van der Waals surface area contributed by atoms with Crippen molar-refractivity contribution in [3.8, 4) is 11.5 Å². The van der Waals surface area contributed by atoms with Crippen LogP contribution in [-0.2, 0) is 9.53 Å². The molecule has 0 spiro atoms. The van der Waals surface area contributed by atoms with Crippen molar-refractivity contribution in [1.29, 1.82) is 0 Å². The molecule has 0 saturated carbocycles. The first-order chi connectivity index (χ1) is 9.19. The van der Waals surface area contributed by atoms with E-state index in [0.717, 1.165) is 24.9 Å². The quantitative estimate of drug-likeness (QED) is 0.794. The summed E-state index contributed by atoms with van der Waals surface area (Å²) in [6, 6.07) is 5.31. The number of ether oxygens (including phenoxy) is 3. The second kappa shape index (κ2) is 6.24. The third-order valence-corrected chi connectivity index (χ3v) is 2.79. The minimum atomic E-state index is -0.982. The zero-order chi connectivity index (χ0) is 13.7. The Morgan fingerprint density at radius 1 is 1.47 bits per heavy atom. The Balaban J connectivity index is 2.04. The third-order valence-electron chi connectivity index (χ3n) is 2.79. The van der Waals surface area contributed by atoms with Crippen molar-refractivity contribution in [1.82, 2.24) is 0 Å². The zero-order valence-corrected chi connectivity index (χ0v) is 10.7. The maximum atomic E-state index is 10.5. The Kier molecular flexibility index (Phi) is 4.41. The molecule has 1 saturated heterocycles. The maximum absolute atomic E-state index is 10.5. The number of carboxylic acids is 1. The molecule has 1 aliphatic heterocycles. The van der Waals surface area contributed by atoms with Gasteiger partial charge in [-0.1, -0.05) is 6.07 Å². The molecule has 1 N–H and O–H groups in total. The Labute approximate surface area is 111 Å². The largest absolute Gasteiger partial charge is 0.493 e. The van der Waals surface area contributed by atoms with Crippen molar-refractivity contribution in [3.63, 3.8) is 0 Å². The van der Waals surface area contributed by atoms with Gasteiger partial charge in [-0.25, -0.2) is 4.79 Å². The van der Waals surface area contributed by atoms with Gasteiger partial charge in [0.15, 0.2) is 11.5 Å². The van der Waals surface area contributed by atoms with E-state index in [1.807, 2.05) is 0 Å². The predicted octanol–water partition coefficient (Wildman–Crippen LogP) is 1.82. The number of rotatable bonds is 6. The van der Waals surface area contributed by atoms with Crippen LogP contribution < -0.4 is 9.47 Å². The van der Waals surface area contributed by atoms with Gasteiger partial charge in [-0.2, -0.15) is 0 Å². The van der Waals surface area contributed by atoms with Crippen molar-refractivity contribution in [2.75, 3.05) is 26.9 Å². The minimum absolute atomic E-state index is 0.441. The summed E-state index contributed by atoms with van der Waals surface area (Å²) in [5, 5.41) is 8.58. The van der Waals surface area contributed by atoms with Crippen LogP contribution in [0.15, 0.2) is 24.3 Å². The third kappa shape index (κ3) is 3.72. The summed E-state index contributed by atoms with van der Waals surface area (Å²) < 4.78 is 16.0. The van der Waals surface area contributed by atoms with Gasteiger partial charge in [-0.15, -0.1) is 0 Å². The van der Waals surface area contributed by atoms with E-state index < -0.39 is 5.97 Å². The molecule has 0 aromatic heterocycles. The summed E-state index contributed by atoms with van der Waals surface area (Å²) in [5.74, 6) is 0.704. The molecule has 1 aromatic rings. The van der Waals surface area contributed by atoms with Crippen LogP contribution in [0.1, 0.15) is 5.56 Å². The summed E-state index contributed by atoms with van der Waals surface area (Å²) in [7, 11) is 1.55. The average Bonchev–Trinajstić information content (AvgIpc) is 2.35. The molecule has 5 heteroatoms. The molecule has 19 heavy (non-hydrogen) atoms. The number of aliphatic carboxylic acids is 1. The lowest BCUT2D eigenvalue weighted by molar-refractivity contribution is -0.131. The molecule has 0 bridgehead atoms. The number of benzene rings is 1. The second-order valence-corrected chi connectivity index (χ2v) is 4.30. The number of carbonyl (C=O) groups is 1. The first-order valence-electron chi connectivity index (χ1n) is 5.98. The van der Waals surface area contributed by atoms with E-state index in [0.29, 0.717) is 24.0 Å². The van der Waals surface area contributed by atoms with E-state index in [1.165, 1.54) is 6.08 Å². The van der Waals surface area contributed by atoms with Gasteiger partial charge in [0.05, 0.1) is 26.9 Å². The highest BCUT2D eigenvalue weighted by Crippen LogP contribution is 2.29. The lowest BCUT2D eigenvalue weighted by atomic mass is 10.1. The van der Waals surface area contributed by atoms with Crippen molar-refractivity contribution in [2.24, 2.45) is 5.92 Å². The lowest BCUT2D eigenvalue weighted by Gasteiger charge is -2.26. The van der Waals surface area contributed by atoms with Gasteiger partial charge < -0.3 is 19.3 Å². The molecule has 0 atom stereocenters. The van der Waals surface area contributed by atoms with Crippen LogP contribution in [0.2, 0.25) is 0 Å². The fraction of sp³-hybridized carbons (Fsp3) is 0.357. The molecule has 102 valence electrons. The molecule has 0 unspecified atom stereocenters. The molecule has 1 aliphatic rings. The Morgan fingerprint density at radius 2 is 2.26 bits per heavy atom. The molecule has 5 nitrogen and oxygen atoms in total.